The van der Waals surface area contributed by atoms with Crippen molar-refractivity contribution in [1.29, 1.82) is 0 Å². The Morgan fingerprint density at radius 1 is 0.853 bits per heavy atom. The van der Waals surface area contributed by atoms with Crippen molar-refractivity contribution in [2.45, 2.75) is 18.0 Å². The lowest BCUT2D eigenvalue weighted by atomic mass is 9.98. The zero-order chi connectivity index (χ0) is 24.0. The predicted molar refractivity (Wildman–Crippen MR) is 128 cm³/mol. The molecule has 0 spiro atoms. The largest absolute Gasteiger partial charge is 0.417 e. The van der Waals surface area contributed by atoms with Crippen LogP contribution in [0.5, 0.6) is 0 Å². The number of nitrogens with one attached hydrogen (secondary N) is 4. The first-order chi connectivity index (χ1) is 16.2. The molecule has 0 aliphatic carbocycles. The van der Waals surface area contributed by atoms with E-state index >= 15 is 0 Å². The minimum Gasteiger partial charge on any atom is -0.361 e. The van der Waals surface area contributed by atoms with Crippen LogP contribution in [0.3, 0.4) is 0 Å². The molecule has 0 atom stereocenters. The standard InChI is InChI=1S/C24H17F3N4O2S/c1-12-8-19-20(30-23(33)22(32)29-19)11-21(12)34-31-15-4-5-16(17(10-15)24(25,26)27)14-3-2-13-6-7-28-18(13)9-14/h2-11,28,31H,1H3,(H,29,32)(H,30,33). The van der Waals surface area contributed by atoms with Crippen molar-refractivity contribution in [3.8, 4) is 11.1 Å². The van der Waals surface area contributed by atoms with Gasteiger partial charge in [-0.15, -0.1) is 0 Å². The number of alkyl halides is 3. The molecule has 0 radical (unpaired) electrons. The highest BCUT2D eigenvalue weighted by molar-refractivity contribution is 8.00. The molecule has 0 aliphatic heterocycles. The Morgan fingerprint density at radius 2 is 1.59 bits per heavy atom. The SMILES string of the molecule is Cc1cc2[nH]c(=O)c(=O)[nH]c2cc1SNc1ccc(-c2ccc3cc[nH]c3c2)c(C(F)(F)F)c1. The fourth-order valence-electron chi connectivity index (χ4n) is 3.79. The van der Waals surface area contributed by atoms with E-state index in [0.717, 1.165) is 34.5 Å². The number of hydrogen-bond donors (Lipinski definition) is 4. The van der Waals surface area contributed by atoms with Crippen LogP contribution < -0.4 is 15.8 Å². The molecule has 2 aromatic heterocycles. The quantitative estimate of drug-likeness (QED) is 0.192. The van der Waals surface area contributed by atoms with Gasteiger partial charge in [-0.2, -0.15) is 13.2 Å². The lowest BCUT2D eigenvalue weighted by Gasteiger charge is -2.16. The van der Waals surface area contributed by atoms with Crippen LogP contribution in [0.15, 0.2) is 75.3 Å². The van der Waals surface area contributed by atoms with Crippen molar-refractivity contribution in [1.82, 2.24) is 15.0 Å². The van der Waals surface area contributed by atoms with E-state index in [9.17, 15) is 22.8 Å². The first-order valence-electron chi connectivity index (χ1n) is 10.2. The topological polar surface area (TPSA) is 93.5 Å². The molecule has 2 heterocycles. The van der Waals surface area contributed by atoms with E-state index < -0.39 is 22.9 Å². The Balaban J connectivity index is 1.48. The molecule has 0 aliphatic rings. The number of rotatable bonds is 4. The van der Waals surface area contributed by atoms with Crippen molar-refractivity contribution in [2.24, 2.45) is 0 Å². The Hall–Kier alpha value is -3.92. The summed E-state index contributed by atoms with van der Waals surface area (Å²) in [5.41, 5.74) is 0.975. The summed E-state index contributed by atoms with van der Waals surface area (Å²) < 4.78 is 44.8. The lowest BCUT2D eigenvalue weighted by Crippen LogP contribution is -2.28. The first-order valence-corrected chi connectivity index (χ1v) is 11.0. The number of hydrogen-bond acceptors (Lipinski definition) is 4. The number of benzene rings is 3. The summed E-state index contributed by atoms with van der Waals surface area (Å²) in [4.78, 5) is 31.8. The number of halogens is 3. The van der Waals surface area contributed by atoms with E-state index in [1.807, 2.05) is 6.07 Å². The van der Waals surface area contributed by atoms with E-state index in [1.54, 1.807) is 49.5 Å². The van der Waals surface area contributed by atoms with Gasteiger partial charge in [0.05, 0.1) is 16.6 Å². The Labute approximate surface area is 194 Å². The second-order valence-corrected chi connectivity index (χ2v) is 8.66. The van der Waals surface area contributed by atoms with Gasteiger partial charge in [0.2, 0.25) is 0 Å². The monoisotopic (exact) mass is 482 g/mol. The maximum absolute atomic E-state index is 13.9. The van der Waals surface area contributed by atoms with Crippen LogP contribution in [0.2, 0.25) is 0 Å². The predicted octanol–water partition coefficient (Wildman–Crippen LogP) is 5.81. The minimum atomic E-state index is -4.55. The smallest absolute Gasteiger partial charge is 0.361 e. The van der Waals surface area contributed by atoms with Gasteiger partial charge in [-0.3, -0.25) is 9.59 Å². The summed E-state index contributed by atoms with van der Waals surface area (Å²) in [6.45, 7) is 1.80. The van der Waals surface area contributed by atoms with E-state index in [2.05, 4.69) is 19.7 Å². The van der Waals surface area contributed by atoms with Gasteiger partial charge >= 0.3 is 17.3 Å². The third-order valence-corrected chi connectivity index (χ3v) is 6.49. The Morgan fingerprint density at radius 3 is 2.32 bits per heavy atom. The third kappa shape index (κ3) is 4.08. The van der Waals surface area contributed by atoms with Crippen LogP contribution in [0.4, 0.5) is 18.9 Å². The molecular weight excluding hydrogens is 465 g/mol. The molecule has 6 nitrogen and oxygen atoms in total. The van der Waals surface area contributed by atoms with Gasteiger partial charge < -0.3 is 19.7 Å². The molecule has 0 bridgehead atoms. The average molecular weight is 482 g/mol. The zero-order valence-electron chi connectivity index (χ0n) is 17.6. The highest BCUT2D eigenvalue weighted by Crippen LogP contribution is 2.40. The Kier molecular flexibility index (Phi) is 5.24. The van der Waals surface area contributed by atoms with Crippen molar-refractivity contribution in [2.75, 3.05) is 4.72 Å². The number of aromatic amines is 3. The van der Waals surface area contributed by atoms with Crippen molar-refractivity contribution in [3.05, 3.63) is 92.6 Å². The molecule has 0 fully saturated rings. The van der Waals surface area contributed by atoms with Crippen LogP contribution in [-0.2, 0) is 6.18 Å². The van der Waals surface area contributed by atoms with Crippen molar-refractivity contribution >= 4 is 39.6 Å². The molecule has 34 heavy (non-hydrogen) atoms. The van der Waals surface area contributed by atoms with Gasteiger partial charge in [-0.1, -0.05) is 18.2 Å². The van der Waals surface area contributed by atoms with Crippen LogP contribution in [0.25, 0.3) is 33.1 Å². The molecule has 0 saturated carbocycles. The van der Waals surface area contributed by atoms with E-state index in [1.165, 1.54) is 6.07 Å². The van der Waals surface area contributed by atoms with Crippen LogP contribution in [-0.4, -0.2) is 15.0 Å². The van der Waals surface area contributed by atoms with E-state index in [0.29, 0.717) is 21.5 Å². The number of fused-ring (bicyclic) bond motifs is 2. The van der Waals surface area contributed by atoms with Gasteiger partial charge in [-0.05, 0) is 77.3 Å². The molecular formula is C24H17F3N4O2S. The van der Waals surface area contributed by atoms with Gasteiger partial charge in [0, 0.05) is 22.3 Å². The third-order valence-electron chi connectivity index (χ3n) is 5.49. The zero-order valence-corrected chi connectivity index (χ0v) is 18.4. The fraction of sp³-hybridized carbons (Fsp3) is 0.0833. The maximum atomic E-state index is 13.9. The van der Waals surface area contributed by atoms with Gasteiger partial charge in [0.25, 0.3) is 0 Å². The van der Waals surface area contributed by atoms with Crippen molar-refractivity contribution in [3.63, 3.8) is 0 Å². The summed E-state index contributed by atoms with van der Waals surface area (Å²) in [6, 6.07) is 14.5. The average Bonchev–Trinajstić information content (AvgIpc) is 3.26. The fourth-order valence-corrected chi connectivity index (χ4v) is 4.54. The number of aryl methyl sites for hydroxylation is 1. The Bertz CT molecular complexity index is 1670. The molecule has 172 valence electrons. The van der Waals surface area contributed by atoms with E-state index in [4.69, 9.17) is 0 Å². The summed E-state index contributed by atoms with van der Waals surface area (Å²) >= 11 is 1.11. The lowest BCUT2D eigenvalue weighted by molar-refractivity contribution is -0.137. The maximum Gasteiger partial charge on any atom is 0.417 e. The summed E-state index contributed by atoms with van der Waals surface area (Å²) in [6.07, 6.45) is -2.81. The van der Waals surface area contributed by atoms with Crippen LogP contribution >= 0.6 is 11.9 Å². The van der Waals surface area contributed by atoms with Gasteiger partial charge in [0.15, 0.2) is 0 Å². The second kappa shape index (κ2) is 8.14. The number of anilines is 1. The molecule has 3 aromatic carbocycles. The second-order valence-electron chi connectivity index (χ2n) is 7.81. The molecule has 5 aromatic rings. The van der Waals surface area contributed by atoms with Crippen LogP contribution in [0, 0.1) is 6.92 Å². The summed E-state index contributed by atoms with van der Waals surface area (Å²) in [5.74, 6) is 0. The minimum absolute atomic E-state index is 0.0861. The first kappa shape index (κ1) is 21.9. The highest BCUT2D eigenvalue weighted by atomic mass is 32.2. The number of aromatic nitrogens is 3. The van der Waals surface area contributed by atoms with Gasteiger partial charge in [-0.25, -0.2) is 0 Å². The molecule has 0 amide bonds. The van der Waals surface area contributed by atoms with Gasteiger partial charge in [0.1, 0.15) is 0 Å². The van der Waals surface area contributed by atoms with Crippen molar-refractivity contribution < 1.29 is 13.2 Å². The molecule has 5 rings (SSSR count). The molecule has 0 unspecified atom stereocenters. The molecule has 4 N–H and O–H groups in total. The van der Waals surface area contributed by atoms with E-state index in [-0.39, 0.29) is 11.3 Å². The summed E-state index contributed by atoms with van der Waals surface area (Å²) in [7, 11) is 0. The molecule has 0 saturated heterocycles. The highest BCUT2D eigenvalue weighted by Gasteiger charge is 2.34. The summed E-state index contributed by atoms with van der Waals surface area (Å²) in [5, 5.41) is 0.920. The van der Waals surface area contributed by atoms with Crippen LogP contribution in [0.1, 0.15) is 11.1 Å². The number of H-pyrrole nitrogens is 3. The normalized spacial score (nSPS) is 11.9. The molecule has 10 heteroatoms.